The molecule has 0 aliphatic rings. The number of carboxylic acids is 2. The standard InChI is InChI=1S/C11H13NO5/c13-9(14)7-12(10(15)11(16)17)6-8-4-2-1-3-5-8/h1-5,10,15H,6-7H2,(H,13,14)(H,16,17). The van der Waals surface area contributed by atoms with Crippen molar-refractivity contribution in [2.75, 3.05) is 6.54 Å². The van der Waals surface area contributed by atoms with Crippen molar-refractivity contribution in [3.05, 3.63) is 35.9 Å². The number of carboxylic acid groups (broad SMARTS) is 2. The topological polar surface area (TPSA) is 98.1 Å². The summed E-state index contributed by atoms with van der Waals surface area (Å²) >= 11 is 0. The van der Waals surface area contributed by atoms with Crippen LogP contribution in [0.15, 0.2) is 30.3 Å². The first-order valence-electron chi connectivity index (χ1n) is 4.91. The Morgan fingerprint density at radius 3 is 2.24 bits per heavy atom. The second kappa shape index (κ2) is 5.97. The molecule has 1 aromatic carbocycles. The number of aliphatic carboxylic acids is 2. The van der Waals surface area contributed by atoms with Gasteiger partial charge in [-0.05, 0) is 5.56 Å². The molecule has 0 radical (unpaired) electrons. The van der Waals surface area contributed by atoms with E-state index >= 15 is 0 Å². The van der Waals surface area contributed by atoms with Gasteiger partial charge in [-0.25, -0.2) is 4.79 Å². The average Bonchev–Trinajstić information content (AvgIpc) is 2.28. The fourth-order valence-electron chi connectivity index (χ4n) is 1.38. The molecule has 0 amide bonds. The van der Waals surface area contributed by atoms with Crippen molar-refractivity contribution < 1.29 is 24.9 Å². The lowest BCUT2D eigenvalue weighted by atomic mass is 10.2. The van der Waals surface area contributed by atoms with E-state index in [1.165, 1.54) is 0 Å². The molecule has 17 heavy (non-hydrogen) atoms. The normalized spacial score (nSPS) is 12.4. The van der Waals surface area contributed by atoms with Gasteiger partial charge in [-0.3, -0.25) is 9.69 Å². The highest BCUT2D eigenvalue weighted by atomic mass is 16.4. The lowest BCUT2D eigenvalue weighted by molar-refractivity contribution is -0.161. The molecule has 0 saturated carbocycles. The Balaban J connectivity index is 2.77. The monoisotopic (exact) mass is 239 g/mol. The van der Waals surface area contributed by atoms with Gasteiger partial charge in [0.25, 0.3) is 0 Å². The summed E-state index contributed by atoms with van der Waals surface area (Å²) in [6.45, 7) is -0.483. The van der Waals surface area contributed by atoms with E-state index in [1.54, 1.807) is 30.3 Å². The molecule has 0 fully saturated rings. The van der Waals surface area contributed by atoms with Crippen LogP contribution >= 0.6 is 0 Å². The number of hydrogen-bond donors (Lipinski definition) is 3. The van der Waals surface area contributed by atoms with Crippen LogP contribution in [0.3, 0.4) is 0 Å². The summed E-state index contributed by atoms with van der Waals surface area (Å²) in [6, 6.07) is 8.74. The van der Waals surface area contributed by atoms with Crippen molar-refractivity contribution in [2.24, 2.45) is 0 Å². The van der Waals surface area contributed by atoms with E-state index in [1.807, 2.05) is 0 Å². The summed E-state index contributed by atoms with van der Waals surface area (Å²) in [4.78, 5) is 22.2. The molecule has 0 aliphatic carbocycles. The second-order valence-corrected chi connectivity index (χ2v) is 3.50. The Morgan fingerprint density at radius 2 is 1.76 bits per heavy atom. The molecule has 3 N–H and O–H groups in total. The van der Waals surface area contributed by atoms with Gasteiger partial charge in [-0.15, -0.1) is 0 Å². The third kappa shape index (κ3) is 4.21. The molecule has 0 aliphatic heterocycles. The van der Waals surface area contributed by atoms with Crippen LogP contribution in [0.5, 0.6) is 0 Å². The number of hydrogen-bond acceptors (Lipinski definition) is 4. The van der Waals surface area contributed by atoms with Crippen molar-refractivity contribution in [1.29, 1.82) is 0 Å². The molecule has 1 unspecified atom stereocenters. The summed E-state index contributed by atoms with van der Waals surface area (Å²) in [7, 11) is 0. The van der Waals surface area contributed by atoms with Crippen molar-refractivity contribution in [3.63, 3.8) is 0 Å². The Labute approximate surface area is 97.7 Å². The summed E-state index contributed by atoms with van der Waals surface area (Å²) in [5.41, 5.74) is 0.731. The Hall–Kier alpha value is -1.92. The summed E-state index contributed by atoms with van der Waals surface area (Å²) in [5.74, 6) is -2.66. The molecule has 6 heteroatoms. The highest BCUT2D eigenvalue weighted by molar-refractivity contribution is 5.74. The predicted octanol–water partition coefficient (Wildman–Crippen LogP) is -0.0238. The fourth-order valence-corrected chi connectivity index (χ4v) is 1.38. The van der Waals surface area contributed by atoms with E-state index in [-0.39, 0.29) is 6.54 Å². The first-order chi connectivity index (χ1) is 8.00. The SMILES string of the molecule is O=C(O)CN(Cc1ccccc1)C(O)C(=O)O. The summed E-state index contributed by atoms with van der Waals surface area (Å²) < 4.78 is 0. The van der Waals surface area contributed by atoms with Gasteiger partial charge in [0.2, 0.25) is 6.23 Å². The number of aliphatic hydroxyl groups excluding tert-OH is 1. The van der Waals surface area contributed by atoms with E-state index in [0.717, 1.165) is 10.5 Å². The van der Waals surface area contributed by atoms with Crippen molar-refractivity contribution in [3.8, 4) is 0 Å². The van der Waals surface area contributed by atoms with Crippen molar-refractivity contribution in [1.82, 2.24) is 4.90 Å². The Kier molecular flexibility index (Phi) is 4.62. The number of rotatable bonds is 6. The van der Waals surface area contributed by atoms with Gasteiger partial charge in [0.15, 0.2) is 0 Å². The number of benzene rings is 1. The fraction of sp³-hybridized carbons (Fsp3) is 0.273. The van der Waals surface area contributed by atoms with Gasteiger partial charge in [0, 0.05) is 6.54 Å². The number of carbonyl (C=O) groups is 2. The molecule has 1 rings (SSSR count). The molecule has 6 nitrogen and oxygen atoms in total. The van der Waals surface area contributed by atoms with Gasteiger partial charge in [-0.2, -0.15) is 0 Å². The zero-order valence-electron chi connectivity index (χ0n) is 8.98. The minimum atomic E-state index is -1.83. The third-order valence-corrected chi connectivity index (χ3v) is 2.13. The Morgan fingerprint density at radius 1 is 1.18 bits per heavy atom. The number of aliphatic hydroxyl groups is 1. The van der Waals surface area contributed by atoms with Crippen LogP contribution in [0.1, 0.15) is 5.56 Å². The van der Waals surface area contributed by atoms with Crippen LogP contribution in [0.2, 0.25) is 0 Å². The van der Waals surface area contributed by atoms with Crippen LogP contribution < -0.4 is 0 Å². The van der Waals surface area contributed by atoms with E-state index in [2.05, 4.69) is 0 Å². The summed E-state index contributed by atoms with van der Waals surface area (Å²) in [6.07, 6.45) is -1.83. The molecule has 0 aromatic heterocycles. The highest BCUT2D eigenvalue weighted by Gasteiger charge is 2.24. The maximum atomic E-state index is 10.6. The molecule has 0 bridgehead atoms. The zero-order chi connectivity index (χ0) is 12.8. The molecule has 1 aromatic rings. The largest absolute Gasteiger partial charge is 0.480 e. The molecule has 0 spiro atoms. The van der Waals surface area contributed by atoms with E-state index in [9.17, 15) is 14.7 Å². The van der Waals surface area contributed by atoms with Crippen LogP contribution in [0, 0.1) is 0 Å². The minimum Gasteiger partial charge on any atom is -0.480 e. The first-order valence-corrected chi connectivity index (χ1v) is 4.91. The maximum absolute atomic E-state index is 10.6. The highest BCUT2D eigenvalue weighted by Crippen LogP contribution is 2.07. The molecule has 1 atom stereocenters. The first kappa shape index (κ1) is 13.1. The molecule has 0 saturated heterocycles. The molecule has 0 heterocycles. The smallest absolute Gasteiger partial charge is 0.348 e. The van der Waals surface area contributed by atoms with Crippen LogP contribution in [0.4, 0.5) is 0 Å². The van der Waals surface area contributed by atoms with Crippen molar-refractivity contribution in [2.45, 2.75) is 12.8 Å². The quantitative estimate of drug-likeness (QED) is 0.603. The van der Waals surface area contributed by atoms with Gasteiger partial charge in [0.05, 0.1) is 6.54 Å². The molecule has 92 valence electrons. The van der Waals surface area contributed by atoms with Gasteiger partial charge in [-0.1, -0.05) is 30.3 Å². The van der Waals surface area contributed by atoms with Gasteiger partial charge >= 0.3 is 11.9 Å². The van der Waals surface area contributed by atoms with Crippen molar-refractivity contribution >= 4 is 11.9 Å². The Bertz CT molecular complexity index is 392. The lowest BCUT2D eigenvalue weighted by Gasteiger charge is -2.23. The molecular formula is C11H13NO5. The van der Waals surface area contributed by atoms with Crippen LogP contribution in [-0.2, 0) is 16.1 Å². The van der Waals surface area contributed by atoms with Gasteiger partial charge in [0.1, 0.15) is 0 Å². The number of nitrogens with zero attached hydrogens (tertiary/aromatic N) is 1. The minimum absolute atomic E-state index is 0.0562. The average molecular weight is 239 g/mol. The predicted molar refractivity (Wildman–Crippen MR) is 58.1 cm³/mol. The van der Waals surface area contributed by atoms with Gasteiger partial charge < -0.3 is 15.3 Å². The second-order valence-electron chi connectivity index (χ2n) is 3.50. The zero-order valence-corrected chi connectivity index (χ0v) is 8.98. The maximum Gasteiger partial charge on any atom is 0.348 e. The van der Waals surface area contributed by atoms with E-state index < -0.39 is 24.7 Å². The van der Waals surface area contributed by atoms with E-state index in [4.69, 9.17) is 10.2 Å². The van der Waals surface area contributed by atoms with Crippen LogP contribution in [0.25, 0.3) is 0 Å². The third-order valence-electron chi connectivity index (χ3n) is 2.13. The van der Waals surface area contributed by atoms with Crippen LogP contribution in [-0.4, -0.2) is 44.9 Å². The van der Waals surface area contributed by atoms with E-state index in [0.29, 0.717) is 0 Å². The molecular weight excluding hydrogens is 226 g/mol. The summed E-state index contributed by atoms with van der Waals surface area (Å²) in [5, 5.41) is 26.7. The lowest BCUT2D eigenvalue weighted by Crippen LogP contribution is -2.43.